The van der Waals surface area contributed by atoms with E-state index in [0.29, 0.717) is 0 Å². The number of nitrogens with two attached hydrogens (primary N) is 1. The lowest BCUT2D eigenvalue weighted by Gasteiger charge is -1.91. The van der Waals surface area contributed by atoms with Crippen molar-refractivity contribution in [1.29, 1.82) is 0 Å². The van der Waals surface area contributed by atoms with E-state index in [4.69, 9.17) is 17.3 Å². The van der Waals surface area contributed by atoms with Crippen LogP contribution in [-0.2, 0) is 0 Å². The molecule has 4 heteroatoms. The topological polar surface area (TPSA) is 38.9 Å². The zero-order chi connectivity index (χ0) is 5.98. The van der Waals surface area contributed by atoms with Crippen molar-refractivity contribution < 1.29 is 0 Å². The van der Waals surface area contributed by atoms with Crippen LogP contribution in [0.3, 0.4) is 0 Å². The number of halogens is 1. The highest BCUT2D eigenvalue weighted by atomic mass is 35.5. The van der Waals surface area contributed by atoms with Gasteiger partial charge < -0.3 is 5.73 Å². The molecular weight excluding hydrogens is 144 g/mol. The fraction of sp³-hybridized carbons (Fsp3) is 0.250. The minimum absolute atomic E-state index is 0.435. The van der Waals surface area contributed by atoms with Gasteiger partial charge in [0.1, 0.15) is 10.5 Å². The predicted octanol–water partition coefficient (Wildman–Crippen LogP) is 1.34. The van der Waals surface area contributed by atoms with Crippen LogP contribution >= 0.6 is 22.9 Å². The van der Waals surface area contributed by atoms with E-state index in [-0.39, 0.29) is 0 Å². The van der Waals surface area contributed by atoms with Gasteiger partial charge in [-0.2, -0.15) is 0 Å². The average Bonchev–Trinajstić information content (AvgIpc) is 2.12. The molecule has 0 amide bonds. The van der Waals surface area contributed by atoms with E-state index < -0.39 is 5.50 Å². The first-order valence-electron chi connectivity index (χ1n) is 2.10. The summed E-state index contributed by atoms with van der Waals surface area (Å²) in [6.07, 6.45) is 1.68. The number of aromatic nitrogens is 1. The molecule has 0 aromatic carbocycles. The molecule has 0 saturated carbocycles. The zero-order valence-corrected chi connectivity index (χ0v) is 5.62. The van der Waals surface area contributed by atoms with Crippen LogP contribution in [0.2, 0.25) is 0 Å². The second-order valence-corrected chi connectivity index (χ2v) is 2.67. The van der Waals surface area contributed by atoms with E-state index in [0.717, 1.165) is 5.01 Å². The smallest absolute Gasteiger partial charge is 0.132 e. The van der Waals surface area contributed by atoms with Crippen LogP contribution in [0.4, 0.5) is 0 Å². The molecule has 0 spiro atoms. The van der Waals surface area contributed by atoms with E-state index in [1.165, 1.54) is 11.3 Å². The molecule has 2 N–H and O–H groups in total. The number of alkyl halides is 1. The Balaban J connectivity index is 2.77. The van der Waals surface area contributed by atoms with E-state index >= 15 is 0 Å². The first-order valence-corrected chi connectivity index (χ1v) is 3.41. The molecular formula is C4H5ClN2S. The Labute approximate surface area is 56.3 Å². The molecule has 0 radical (unpaired) electrons. The summed E-state index contributed by atoms with van der Waals surface area (Å²) in [7, 11) is 0. The third-order valence-corrected chi connectivity index (χ3v) is 1.88. The summed E-state index contributed by atoms with van der Waals surface area (Å²) in [4.78, 5) is 3.88. The third-order valence-electron chi connectivity index (χ3n) is 0.687. The summed E-state index contributed by atoms with van der Waals surface area (Å²) in [5.41, 5.74) is 4.84. The predicted molar refractivity (Wildman–Crippen MR) is 34.9 cm³/mol. The molecule has 1 rings (SSSR count). The maximum Gasteiger partial charge on any atom is 0.132 e. The summed E-state index contributed by atoms with van der Waals surface area (Å²) >= 11 is 6.93. The summed E-state index contributed by atoms with van der Waals surface area (Å²) in [5, 5.41) is 2.61. The molecule has 0 fully saturated rings. The Morgan fingerprint density at radius 3 is 2.88 bits per heavy atom. The molecule has 1 heterocycles. The van der Waals surface area contributed by atoms with Crippen molar-refractivity contribution in [2.24, 2.45) is 5.73 Å². The number of hydrogen-bond donors (Lipinski definition) is 1. The summed E-state index contributed by atoms with van der Waals surface area (Å²) in [6, 6.07) is 0. The fourth-order valence-corrected chi connectivity index (χ4v) is 1.09. The van der Waals surface area contributed by atoms with Crippen LogP contribution in [-0.4, -0.2) is 4.98 Å². The Morgan fingerprint density at radius 2 is 2.62 bits per heavy atom. The second-order valence-electron chi connectivity index (χ2n) is 1.27. The Kier molecular flexibility index (Phi) is 1.83. The Bertz CT molecular complexity index is 149. The largest absolute Gasteiger partial charge is 0.310 e. The van der Waals surface area contributed by atoms with E-state index in [1.54, 1.807) is 6.20 Å². The normalized spacial score (nSPS) is 13.8. The van der Waals surface area contributed by atoms with Gasteiger partial charge in [0.15, 0.2) is 0 Å². The number of rotatable bonds is 1. The van der Waals surface area contributed by atoms with Gasteiger partial charge in [0.25, 0.3) is 0 Å². The molecule has 0 aliphatic heterocycles. The van der Waals surface area contributed by atoms with E-state index in [2.05, 4.69) is 4.98 Å². The fourth-order valence-electron chi connectivity index (χ4n) is 0.371. The highest BCUT2D eigenvalue weighted by molar-refractivity contribution is 7.09. The third kappa shape index (κ3) is 1.18. The first-order chi connectivity index (χ1) is 3.80. The maximum atomic E-state index is 5.47. The summed E-state index contributed by atoms with van der Waals surface area (Å²) < 4.78 is 0. The Hall–Kier alpha value is -0.120. The van der Waals surface area contributed by atoms with Crippen LogP contribution in [0.1, 0.15) is 10.5 Å². The van der Waals surface area contributed by atoms with Crippen LogP contribution in [0.25, 0.3) is 0 Å². The molecule has 1 atom stereocenters. The highest BCUT2D eigenvalue weighted by Crippen LogP contribution is 2.15. The minimum atomic E-state index is -0.435. The molecule has 8 heavy (non-hydrogen) atoms. The Morgan fingerprint density at radius 1 is 1.88 bits per heavy atom. The van der Waals surface area contributed by atoms with Crippen molar-refractivity contribution in [3.63, 3.8) is 0 Å². The van der Waals surface area contributed by atoms with Crippen molar-refractivity contribution >= 4 is 22.9 Å². The maximum absolute atomic E-state index is 5.47. The molecule has 0 aliphatic carbocycles. The van der Waals surface area contributed by atoms with Gasteiger partial charge >= 0.3 is 0 Å². The summed E-state index contributed by atoms with van der Waals surface area (Å²) in [5.74, 6) is 0. The van der Waals surface area contributed by atoms with Crippen molar-refractivity contribution in [3.05, 3.63) is 16.6 Å². The zero-order valence-electron chi connectivity index (χ0n) is 4.04. The quantitative estimate of drug-likeness (QED) is 0.482. The molecule has 0 saturated heterocycles. The van der Waals surface area contributed by atoms with Gasteiger partial charge in [0.05, 0.1) is 0 Å². The monoisotopic (exact) mass is 148 g/mol. The highest BCUT2D eigenvalue weighted by Gasteiger charge is 2.00. The standard InChI is InChI=1S/C4H5ClN2S/c5-3(6)4-7-1-2-8-4/h1-3H,6H2. The van der Waals surface area contributed by atoms with Crippen molar-refractivity contribution in [1.82, 2.24) is 4.98 Å². The van der Waals surface area contributed by atoms with Crippen molar-refractivity contribution in [2.45, 2.75) is 5.50 Å². The average molecular weight is 149 g/mol. The SMILES string of the molecule is NC(Cl)c1nccs1. The van der Waals surface area contributed by atoms with Gasteiger partial charge in [0, 0.05) is 11.6 Å². The lowest BCUT2D eigenvalue weighted by molar-refractivity contribution is 0.992. The summed E-state index contributed by atoms with van der Waals surface area (Å²) in [6.45, 7) is 0. The lowest BCUT2D eigenvalue weighted by Crippen LogP contribution is -2.00. The van der Waals surface area contributed by atoms with Crippen LogP contribution in [0, 0.1) is 0 Å². The molecule has 1 aromatic rings. The van der Waals surface area contributed by atoms with Gasteiger partial charge in [0.2, 0.25) is 0 Å². The van der Waals surface area contributed by atoms with Crippen molar-refractivity contribution in [2.75, 3.05) is 0 Å². The molecule has 0 bridgehead atoms. The second kappa shape index (κ2) is 2.44. The molecule has 1 unspecified atom stereocenters. The molecule has 0 aliphatic rings. The van der Waals surface area contributed by atoms with Crippen LogP contribution in [0.5, 0.6) is 0 Å². The van der Waals surface area contributed by atoms with Gasteiger partial charge in [-0.25, -0.2) is 4.98 Å². The van der Waals surface area contributed by atoms with Crippen LogP contribution < -0.4 is 5.73 Å². The number of hydrogen-bond acceptors (Lipinski definition) is 3. The molecule has 2 nitrogen and oxygen atoms in total. The lowest BCUT2D eigenvalue weighted by atomic mass is 10.7. The van der Waals surface area contributed by atoms with Gasteiger partial charge in [-0.15, -0.1) is 11.3 Å². The molecule has 1 aromatic heterocycles. The van der Waals surface area contributed by atoms with Crippen LogP contribution in [0.15, 0.2) is 11.6 Å². The van der Waals surface area contributed by atoms with E-state index in [9.17, 15) is 0 Å². The van der Waals surface area contributed by atoms with Gasteiger partial charge in [-0.05, 0) is 0 Å². The first kappa shape index (κ1) is 6.01. The van der Waals surface area contributed by atoms with Crippen molar-refractivity contribution in [3.8, 4) is 0 Å². The molecule has 44 valence electrons. The van der Waals surface area contributed by atoms with Gasteiger partial charge in [-0.3, -0.25) is 0 Å². The van der Waals surface area contributed by atoms with Gasteiger partial charge in [-0.1, -0.05) is 11.6 Å². The van der Waals surface area contributed by atoms with E-state index in [1.807, 2.05) is 5.38 Å². The number of nitrogens with zero attached hydrogens (tertiary/aromatic N) is 1. The minimum Gasteiger partial charge on any atom is -0.310 e. The number of thiazole rings is 1.